The second-order valence-corrected chi connectivity index (χ2v) is 6.66. The Bertz CT molecular complexity index is 1180. The zero-order valence-electron chi connectivity index (χ0n) is 12.9. The molecule has 3 aromatic heterocycles. The summed E-state index contributed by atoms with van der Waals surface area (Å²) in [6.45, 7) is 2.04. The van der Waals surface area contributed by atoms with E-state index in [9.17, 15) is 0 Å². The molecule has 0 radical (unpaired) electrons. The molecule has 0 aliphatic carbocycles. The van der Waals surface area contributed by atoms with Crippen LogP contribution in [0.5, 0.6) is 0 Å². The Labute approximate surface area is 146 Å². The number of hydrogen-bond acceptors (Lipinski definition) is 2. The van der Waals surface area contributed by atoms with Crippen LogP contribution in [0.3, 0.4) is 0 Å². The fourth-order valence-corrected chi connectivity index (χ4v) is 3.73. The summed E-state index contributed by atoms with van der Waals surface area (Å²) < 4.78 is 5.04. The van der Waals surface area contributed by atoms with Gasteiger partial charge in [-0.25, -0.2) is 9.97 Å². The number of aromatic nitrogens is 4. The molecule has 0 bridgehead atoms. The van der Waals surface area contributed by atoms with Gasteiger partial charge in [-0.05, 0) is 35.0 Å². The lowest BCUT2D eigenvalue weighted by Gasteiger charge is -2.09. The highest BCUT2D eigenvalue weighted by Gasteiger charge is 2.17. The Kier molecular flexibility index (Phi) is 2.82. The zero-order chi connectivity index (χ0) is 16.3. The van der Waals surface area contributed by atoms with E-state index in [1.165, 1.54) is 10.8 Å². The lowest BCUT2D eigenvalue weighted by atomic mass is 10.2. The number of rotatable bonds is 1. The van der Waals surface area contributed by atoms with Crippen molar-refractivity contribution in [3.8, 4) is 5.82 Å². The average molecular weight is 377 g/mol. The minimum Gasteiger partial charge on any atom is -0.299 e. The zero-order valence-corrected chi connectivity index (χ0v) is 14.5. The second kappa shape index (κ2) is 4.92. The number of benzene rings is 2. The molecule has 0 aliphatic heterocycles. The fraction of sp³-hybridized carbons (Fsp3) is 0.0526. The van der Waals surface area contributed by atoms with Gasteiger partial charge >= 0.3 is 0 Å². The van der Waals surface area contributed by atoms with Gasteiger partial charge in [0.05, 0.1) is 11.0 Å². The van der Waals surface area contributed by atoms with E-state index < -0.39 is 0 Å². The van der Waals surface area contributed by atoms with Crippen molar-refractivity contribution in [1.29, 1.82) is 0 Å². The molecule has 0 atom stereocenters. The van der Waals surface area contributed by atoms with Crippen molar-refractivity contribution >= 4 is 43.4 Å². The Balaban J connectivity index is 2.03. The van der Waals surface area contributed by atoms with E-state index in [0.29, 0.717) is 0 Å². The summed E-state index contributed by atoms with van der Waals surface area (Å²) in [5, 5.41) is 2.44. The third-order valence-corrected chi connectivity index (χ3v) is 4.80. The summed E-state index contributed by atoms with van der Waals surface area (Å²) in [5.41, 5.74) is 4.19. The van der Waals surface area contributed by atoms with E-state index in [-0.39, 0.29) is 0 Å². The molecule has 5 aromatic rings. The molecule has 0 aliphatic rings. The van der Waals surface area contributed by atoms with Gasteiger partial charge in [0.2, 0.25) is 0 Å². The van der Waals surface area contributed by atoms with E-state index in [0.717, 1.165) is 32.8 Å². The predicted octanol–water partition coefficient (Wildman–Crippen LogP) is 4.90. The van der Waals surface area contributed by atoms with Gasteiger partial charge in [0.15, 0.2) is 11.5 Å². The average Bonchev–Trinajstić information content (AvgIpc) is 3.13. The quantitative estimate of drug-likeness (QED) is 0.417. The van der Waals surface area contributed by atoms with Crippen LogP contribution in [0.25, 0.3) is 33.3 Å². The Morgan fingerprint density at radius 1 is 0.917 bits per heavy atom. The van der Waals surface area contributed by atoms with Gasteiger partial charge in [0.1, 0.15) is 4.60 Å². The standard InChI is InChI=1S/C19H13BrN4/c1-12-10-21-18-19(22-17(20)11-23(12)18)24-15-8-4-2-6-13(15)14-7-3-5-9-16(14)24/h2-11H,1H3. The highest BCUT2D eigenvalue weighted by Crippen LogP contribution is 2.32. The van der Waals surface area contributed by atoms with Crippen LogP contribution in [0, 0.1) is 6.92 Å². The molecule has 0 unspecified atom stereocenters. The first-order valence-corrected chi connectivity index (χ1v) is 8.52. The first-order valence-electron chi connectivity index (χ1n) is 7.73. The lowest BCUT2D eigenvalue weighted by molar-refractivity contribution is 0.994. The minimum absolute atomic E-state index is 0.785. The van der Waals surface area contributed by atoms with Gasteiger partial charge in [-0.2, -0.15) is 0 Å². The summed E-state index contributed by atoms with van der Waals surface area (Å²) >= 11 is 3.54. The van der Waals surface area contributed by atoms with Crippen molar-refractivity contribution in [2.75, 3.05) is 0 Å². The van der Waals surface area contributed by atoms with Gasteiger partial charge in [-0.15, -0.1) is 0 Å². The predicted molar refractivity (Wildman–Crippen MR) is 99.8 cm³/mol. The molecule has 0 spiro atoms. The maximum absolute atomic E-state index is 4.75. The number of imidazole rings is 1. The molecule has 0 fully saturated rings. The van der Waals surface area contributed by atoms with E-state index in [2.05, 4.69) is 78.4 Å². The number of hydrogen-bond donors (Lipinski definition) is 0. The number of para-hydroxylation sites is 2. The number of fused-ring (bicyclic) bond motifs is 4. The van der Waals surface area contributed by atoms with Crippen LogP contribution in [0.15, 0.2) is 65.5 Å². The molecule has 3 heterocycles. The highest BCUT2D eigenvalue weighted by atomic mass is 79.9. The van der Waals surface area contributed by atoms with E-state index >= 15 is 0 Å². The molecular formula is C19H13BrN4. The van der Waals surface area contributed by atoms with Gasteiger partial charge < -0.3 is 0 Å². The summed E-state index contributed by atoms with van der Waals surface area (Å²) in [6, 6.07) is 16.8. The van der Waals surface area contributed by atoms with Gasteiger partial charge in [-0.3, -0.25) is 8.97 Å². The maximum atomic E-state index is 4.75. The lowest BCUT2D eigenvalue weighted by Crippen LogP contribution is -2.03. The van der Waals surface area contributed by atoms with Crippen molar-refractivity contribution in [2.24, 2.45) is 0 Å². The Morgan fingerprint density at radius 2 is 1.54 bits per heavy atom. The van der Waals surface area contributed by atoms with Crippen molar-refractivity contribution in [3.05, 3.63) is 71.2 Å². The molecule has 5 heteroatoms. The minimum atomic E-state index is 0.785. The van der Waals surface area contributed by atoms with Crippen LogP contribution >= 0.6 is 15.9 Å². The van der Waals surface area contributed by atoms with Crippen LogP contribution in [0.4, 0.5) is 0 Å². The van der Waals surface area contributed by atoms with Crippen LogP contribution < -0.4 is 0 Å². The van der Waals surface area contributed by atoms with Gasteiger partial charge in [-0.1, -0.05) is 36.4 Å². The number of aryl methyl sites for hydroxylation is 1. The molecule has 116 valence electrons. The normalized spacial score (nSPS) is 11.8. The molecule has 0 saturated heterocycles. The molecule has 5 rings (SSSR count). The number of nitrogens with zero attached hydrogens (tertiary/aromatic N) is 4. The molecule has 24 heavy (non-hydrogen) atoms. The summed E-state index contributed by atoms with van der Waals surface area (Å²) in [7, 11) is 0. The molecule has 0 amide bonds. The van der Waals surface area contributed by atoms with Crippen LogP contribution in [0.2, 0.25) is 0 Å². The molecule has 4 nitrogen and oxygen atoms in total. The topological polar surface area (TPSA) is 35.1 Å². The van der Waals surface area contributed by atoms with E-state index in [4.69, 9.17) is 4.98 Å². The van der Waals surface area contributed by atoms with Gasteiger partial charge in [0, 0.05) is 28.9 Å². The van der Waals surface area contributed by atoms with Crippen molar-refractivity contribution in [2.45, 2.75) is 6.92 Å². The SMILES string of the molecule is Cc1cnc2c(-n3c4ccccc4c4ccccc43)nc(Br)cn12. The molecule has 0 saturated carbocycles. The third kappa shape index (κ3) is 1.79. The fourth-order valence-electron chi connectivity index (χ4n) is 3.36. The Morgan fingerprint density at radius 3 is 2.21 bits per heavy atom. The molecule has 0 N–H and O–H groups in total. The largest absolute Gasteiger partial charge is 0.299 e. The second-order valence-electron chi connectivity index (χ2n) is 5.85. The van der Waals surface area contributed by atoms with Crippen molar-refractivity contribution in [1.82, 2.24) is 18.9 Å². The monoisotopic (exact) mass is 376 g/mol. The van der Waals surface area contributed by atoms with Crippen LogP contribution in [-0.4, -0.2) is 18.9 Å². The maximum Gasteiger partial charge on any atom is 0.183 e. The number of halogens is 1. The first kappa shape index (κ1) is 13.7. The van der Waals surface area contributed by atoms with E-state index in [1.54, 1.807) is 0 Å². The highest BCUT2D eigenvalue weighted by molar-refractivity contribution is 9.10. The van der Waals surface area contributed by atoms with Crippen LogP contribution in [0.1, 0.15) is 5.69 Å². The Hall–Kier alpha value is -2.66. The van der Waals surface area contributed by atoms with Crippen molar-refractivity contribution < 1.29 is 0 Å². The van der Waals surface area contributed by atoms with Crippen molar-refractivity contribution in [3.63, 3.8) is 0 Å². The first-order chi connectivity index (χ1) is 11.7. The molecule has 2 aromatic carbocycles. The third-order valence-electron chi connectivity index (χ3n) is 4.42. The van der Waals surface area contributed by atoms with Crippen LogP contribution in [-0.2, 0) is 0 Å². The smallest absolute Gasteiger partial charge is 0.183 e. The summed E-state index contributed by atoms with van der Waals surface area (Å²) in [6.07, 6.45) is 3.83. The summed E-state index contributed by atoms with van der Waals surface area (Å²) in [5.74, 6) is 0.829. The molecular weight excluding hydrogens is 364 g/mol. The summed E-state index contributed by atoms with van der Waals surface area (Å²) in [4.78, 5) is 9.34. The van der Waals surface area contributed by atoms with Gasteiger partial charge in [0.25, 0.3) is 0 Å². The van der Waals surface area contributed by atoms with E-state index in [1.807, 2.05) is 19.3 Å².